The van der Waals surface area contributed by atoms with Gasteiger partial charge in [-0.05, 0) is 49.2 Å². The van der Waals surface area contributed by atoms with Crippen LogP contribution in [0.5, 0.6) is 0 Å². The molecule has 0 atom stereocenters. The van der Waals surface area contributed by atoms with Crippen LogP contribution in [0.25, 0.3) is 11.0 Å². The average Bonchev–Trinajstić information content (AvgIpc) is 3.71. The smallest absolute Gasteiger partial charge is 0.270 e. The van der Waals surface area contributed by atoms with Crippen LogP contribution in [0.4, 0.5) is 17.5 Å². The lowest BCUT2D eigenvalue weighted by Gasteiger charge is -2.35. The summed E-state index contributed by atoms with van der Waals surface area (Å²) in [6.07, 6.45) is 10.6. The first-order valence-electron chi connectivity index (χ1n) is 15.1. The number of amides is 2. The Bertz CT molecular complexity index is 1750. The second-order valence-electron chi connectivity index (χ2n) is 11.6. The maximum absolute atomic E-state index is 13.0. The zero-order valence-electron chi connectivity index (χ0n) is 25.3. The molecule has 4 heterocycles. The third-order valence-corrected chi connectivity index (χ3v) is 8.81. The Morgan fingerprint density at radius 1 is 0.956 bits per heavy atom. The number of aromatic nitrogens is 4. The number of anilines is 3. The number of hydrogen-bond donors (Lipinski definition) is 1. The number of nitrogens with zero attached hydrogens (tertiary/aromatic N) is 7. The predicted molar refractivity (Wildman–Crippen MR) is 177 cm³/mol. The fourth-order valence-electron chi connectivity index (χ4n) is 5.93. The molecule has 1 aliphatic carbocycles. The van der Waals surface area contributed by atoms with E-state index in [1.165, 1.54) is 12.2 Å². The summed E-state index contributed by atoms with van der Waals surface area (Å²) < 4.78 is 2.91. The molecule has 2 amide bonds. The molecule has 4 aromatic rings. The second-order valence-corrected chi connectivity index (χ2v) is 12.5. The van der Waals surface area contributed by atoms with E-state index in [1.54, 1.807) is 54.5 Å². The van der Waals surface area contributed by atoms with Gasteiger partial charge in [0, 0.05) is 74.0 Å². The number of ketones is 1. The van der Waals surface area contributed by atoms with Crippen molar-refractivity contribution in [2.24, 2.45) is 0 Å². The molecule has 0 unspecified atom stereocenters. The van der Waals surface area contributed by atoms with Gasteiger partial charge in [0.2, 0.25) is 11.9 Å². The van der Waals surface area contributed by atoms with E-state index in [-0.39, 0.29) is 23.6 Å². The third kappa shape index (κ3) is 6.75. The summed E-state index contributed by atoms with van der Waals surface area (Å²) in [6.45, 7) is 2.39. The van der Waals surface area contributed by atoms with Crippen molar-refractivity contribution in [1.82, 2.24) is 29.3 Å². The molecule has 232 valence electrons. The number of halogens is 1. The molecule has 0 spiro atoms. The molecule has 12 heteroatoms. The minimum atomic E-state index is -0.208. The first kappa shape index (κ1) is 30.4. The van der Waals surface area contributed by atoms with Crippen LogP contribution in [0.1, 0.15) is 52.6 Å². The highest BCUT2D eigenvalue weighted by atomic mass is 79.9. The molecule has 1 N–H and O–H groups in total. The van der Waals surface area contributed by atoms with Crippen LogP contribution in [-0.4, -0.2) is 87.2 Å². The summed E-state index contributed by atoms with van der Waals surface area (Å²) in [5.41, 5.74) is 2.87. The molecule has 1 saturated carbocycles. The molecule has 1 aliphatic heterocycles. The minimum absolute atomic E-state index is 0.0416. The summed E-state index contributed by atoms with van der Waals surface area (Å²) in [5.74, 6) is 0.600. The van der Waals surface area contributed by atoms with Gasteiger partial charge in [0.25, 0.3) is 5.91 Å². The van der Waals surface area contributed by atoms with Gasteiger partial charge in [-0.2, -0.15) is 4.98 Å². The van der Waals surface area contributed by atoms with Gasteiger partial charge >= 0.3 is 0 Å². The summed E-state index contributed by atoms with van der Waals surface area (Å²) in [6, 6.07) is 13.1. The number of allylic oxidation sites excluding steroid dienone is 1. The van der Waals surface area contributed by atoms with Crippen LogP contribution in [0, 0.1) is 0 Å². The van der Waals surface area contributed by atoms with E-state index in [9.17, 15) is 14.4 Å². The second kappa shape index (κ2) is 13.2. The van der Waals surface area contributed by atoms with E-state index < -0.39 is 0 Å². The van der Waals surface area contributed by atoms with Crippen LogP contribution < -0.4 is 10.2 Å². The largest absolute Gasteiger partial charge is 0.367 e. The third-order valence-electron chi connectivity index (χ3n) is 8.32. The predicted octanol–water partition coefficient (Wildman–Crippen LogP) is 5.24. The number of fused-ring (bicyclic) bond motifs is 1. The standard InChI is InChI=1S/C33H35BrN8O3/c1-39(2)32(45)27-19-23-20-36-33(38-31(23)42(27)25-8-3-4-9-25)37-29-12-10-26(21-35-29)40-14-16-41(17-15-40)30(44)13-11-28(43)22-6-5-7-24(34)18-22/h5-7,10-13,18-21,25H,3-4,8-9,14-17H2,1-2H3,(H,35,36,37,38)/b13-11+. The van der Waals surface area contributed by atoms with Crippen molar-refractivity contribution in [1.29, 1.82) is 0 Å². The topological polar surface area (TPSA) is 117 Å². The van der Waals surface area contributed by atoms with Gasteiger partial charge < -0.3 is 24.6 Å². The van der Waals surface area contributed by atoms with Gasteiger partial charge in [-0.15, -0.1) is 0 Å². The van der Waals surface area contributed by atoms with E-state index in [0.29, 0.717) is 49.2 Å². The van der Waals surface area contributed by atoms with Crippen molar-refractivity contribution >= 4 is 62.0 Å². The van der Waals surface area contributed by atoms with Gasteiger partial charge in [0.05, 0.1) is 11.9 Å². The first-order chi connectivity index (χ1) is 21.8. The normalized spacial score (nSPS) is 15.6. The van der Waals surface area contributed by atoms with Gasteiger partial charge in [0.1, 0.15) is 17.2 Å². The molecule has 11 nitrogen and oxygen atoms in total. The van der Waals surface area contributed by atoms with Crippen LogP contribution in [-0.2, 0) is 4.79 Å². The van der Waals surface area contributed by atoms with Crippen LogP contribution in [0.2, 0.25) is 0 Å². The van der Waals surface area contributed by atoms with Crippen molar-refractivity contribution in [3.63, 3.8) is 0 Å². The first-order valence-corrected chi connectivity index (χ1v) is 15.9. The molecular formula is C33H35BrN8O3. The summed E-state index contributed by atoms with van der Waals surface area (Å²) >= 11 is 3.36. The zero-order valence-corrected chi connectivity index (χ0v) is 26.9. The van der Waals surface area contributed by atoms with E-state index in [0.717, 1.165) is 46.9 Å². The number of rotatable bonds is 8. The Morgan fingerprint density at radius 3 is 2.42 bits per heavy atom. The maximum Gasteiger partial charge on any atom is 0.270 e. The highest BCUT2D eigenvalue weighted by Crippen LogP contribution is 2.35. The molecule has 2 aliphatic rings. The van der Waals surface area contributed by atoms with Gasteiger partial charge in [-0.25, -0.2) is 9.97 Å². The van der Waals surface area contributed by atoms with E-state index >= 15 is 0 Å². The lowest BCUT2D eigenvalue weighted by molar-refractivity contribution is -0.126. The molecule has 0 radical (unpaired) electrons. The molecular weight excluding hydrogens is 636 g/mol. The van der Waals surface area contributed by atoms with Crippen LogP contribution in [0.3, 0.4) is 0 Å². The average molecular weight is 672 g/mol. The number of carbonyl (C=O) groups is 3. The Kier molecular flexibility index (Phi) is 8.92. The Balaban J connectivity index is 1.08. The summed E-state index contributed by atoms with van der Waals surface area (Å²) in [4.78, 5) is 57.5. The molecule has 1 aromatic carbocycles. The Hall–Kier alpha value is -4.58. The Labute approximate surface area is 270 Å². The molecule has 0 bridgehead atoms. The number of pyridine rings is 1. The number of hydrogen-bond acceptors (Lipinski definition) is 8. The maximum atomic E-state index is 13.0. The molecule has 45 heavy (non-hydrogen) atoms. The molecule has 3 aromatic heterocycles. The van der Waals surface area contributed by atoms with Gasteiger partial charge in [0.15, 0.2) is 5.78 Å². The van der Waals surface area contributed by atoms with Gasteiger partial charge in [-0.1, -0.05) is 40.9 Å². The summed E-state index contributed by atoms with van der Waals surface area (Å²) in [7, 11) is 3.53. The molecule has 1 saturated heterocycles. The lowest BCUT2D eigenvalue weighted by Crippen LogP contribution is -2.48. The van der Waals surface area contributed by atoms with Crippen molar-refractivity contribution in [3.05, 3.63) is 82.7 Å². The lowest BCUT2D eigenvalue weighted by atomic mass is 10.1. The quantitative estimate of drug-likeness (QED) is 0.200. The van der Waals surface area contributed by atoms with E-state index in [4.69, 9.17) is 4.98 Å². The van der Waals surface area contributed by atoms with Crippen molar-refractivity contribution in [2.75, 3.05) is 50.5 Å². The number of piperazine rings is 1. The van der Waals surface area contributed by atoms with Crippen molar-refractivity contribution < 1.29 is 14.4 Å². The monoisotopic (exact) mass is 670 g/mol. The highest BCUT2D eigenvalue weighted by Gasteiger charge is 2.27. The Morgan fingerprint density at radius 2 is 1.73 bits per heavy atom. The number of nitrogens with one attached hydrogen (secondary N) is 1. The molecule has 2 fully saturated rings. The minimum Gasteiger partial charge on any atom is -0.367 e. The summed E-state index contributed by atoms with van der Waals surface area (Å²) in [5, 5.41) is 4.05. The highest BCUT2D eigenvalue weighted by molar-refractivity contribution is 9.10. The number of carbonyl (C=O) groups excluding carboxylic acids is 3. The van der Waals surface area contributed by atoms with Gasteiger partial charge in [-0.3, -0.25) is 14.4 Å². The SMILES string of the molecule is CN(C)C(=O)c1cc2cnc(Nc3ccc(N4CCN(C(=O)/C=C/C(=O)c5cccc(Br)c5)CC4)cn3)nc2n1C1CCCC1. The van der Waals surface area contributed by atoms with Crippen LogP contribution >= 0.6 is 15.9 Å². The fraction of sp³-hybridized carbons (Fsp3) is 0.333. The molecule has 6 rings (SSSR count). The van der Waals surface area contributed by atoms with E-state index in [2.05, 4.69) is 40.7 Å². The van der Waals surface area contributed by atoms with Crippen LogP contribution in [0.15, 0.2) is 71.5 Å². The van der Waals surface area contributed by atoms with E-state index in [1.807, 2.05) is 24.3 Å². The van der Waals surface area contributed by atoms with Crippen molar-refractivity contribution in [2.45, 2.75) is 31.7 Å². The zero-order chi connectivity index (χ0) is 31.5. The number of benzene rings is 1. The fourth-order valence-corrected chi connectivity index (χ4v) is 6.33. The van der Waals surface area contributed by atoms with Crippen molar-refractivity contribution in [3.8, 4) is 0 Å².